The number of fused-ring (bicyclic) bond motifs is 1. The maximum Gasteiger partial charge on any atom is 0.244 e. The van der Waals surface area contributed by atoms with Crippen molar-refractivity contribution in [1.29, 1.82) is 0 Å². The van der Waals surface area contributed by atoms with Crippen LogP contribution in [0.2, 0.25) is 0 Å². The lowest BCUT2D eigenvalue weighted by Crippen LogP contribution is -2.52. The molecule has 9 heteroatoms. The molecule has 0 aromatic heterocycles. The van der Waals surface area contributed by atoms with Gasteiger partial charge in [0.1, 0.15) is 18.4 Å². The van der Waals surface area contributed by atoms with Crippen LogP contribution in [0.1, 0.15) is 38.7 Å². The highest BCUT2D eigenvalue weighted by Crippen LogP contribution is 2.28. The van der Waals surface area contributed by atoms with Crippen molar-refractivity contribution in [3.63, 3.8) is 0 Å². The summed E-state index contributed by atoms with van der Waals surface area (Å²) in [6, 6.07) is 17.5. The van der Waals surface area contributed by atoms with Crippen LogP contribution in [-0.4, -0.2) is 50.5 Å². The molecule has 0 fully saturated rings. The largest absolute Gasteiger partial charge is 0.354 e. The van der Waals surface area contributed by atoms with Gasteiger partial charge in [0, 0.05) is 18.5 Å². The summed E-state index contributed by atoms with van der Waals surface area (Å²) in [5.74, 6) is -1.24. The molecule has 3 aromatic carbocycles. The zero-order valence-electron chi connectivity index (χ0n) is 21.5. The lowest BCUT2D eigenvalue weighted by atomic mass is 10.1. The van der Waals surface area contributed by atoms with Crippen molar-refractivity contribution in [3.8, 4) is 0 Å². The summed E-state index contributed by atoms with van der Waals surface area (Å²) in [7, 11) is -3.85. The third-order valence-corrected chi connectivity index (χ3v) is 7.32. The second kappa shape index (κ2) is 12.7. The molecule has 1 N–H and O–H groups in total. The van der Waals surface area contributed by atoms with Crippen molar-refractivity contribution in [1.82, 2.24) is 10.2 Å². The molecule has 0 aliphatic rings. The molecule has 1 atom stereocenters. The highest BCUT2D eigenvalue weighted by Gasteiger charge is 2.32. The summed E-state index contributed by atoms with van der Waals surface area (Å²) < 4.78 is 40.4. The molecule has 0 bridgehead atoms. The van der Waals surface area contributed by atoms with E-state index < -0.39 is 34.3 Å². The minimum atomic E-state index is -3.85. The number of amides is 2. The van der Waals surface area contributed by atoms with E-state index in [0.29, 0.717) is 29.6 Å². The van der Waals surface area contributed by atoms with Crippen molar-refractivity contribution in [2.75, 3.05) is 23.7 Å². The fourth-order valence-corrected chi connectivity index (χ4v) is 5.09. The Balaban J connectivity index is 1.98. The van der Waals surface area contributed by atoms with Crippen LogP contribution in [0.3, 0.4) is 0 Å². The number of benzene rings is 3. The summed E-state index contributed by atoms with van der Waals surface area (Å²) in [5.41, 5.74) is 1.02. The first-order chi connectivity index (χ1) is 17.7. The highest BCUT2D eigenvalue weighted by atomic mass is 32.2. The Morgan fingerprint density at radius 3 is 2.30 bits per heavy atom. The molecule has 0 heterocycles. The lowest BCUT2D eigenvalue weighted by Gasteiger charge is -2.33. The van der Waals surface area contributed by atoms with E-state index >= 15 is 0 Å². The van der Waals surface area contributed by atoms with Gasteiger partial charge in [-0.1, -0.05) is 68.8 Å². The van der Waals surface area contributed by atoms with Gasteiger partial charge in [0.2, 0.25) is 21.8 Å². The molecule has 2 amide bonds. The van der Waals surface area contributed by atoms with Gasteiger partial charge in [-0.25, -0.2) is 12.8 Å². The van der Waals surface area contributed by atoms with Gasteiger partial charge < -0.3 is 10.2 Å². The van der Waals surface area contributed by atoms with Crippen LogP contribution in [-0.2, 0) is 26.2 Å². The number of sulfonamides is 1. The van der Waals surface area contributed by atoms with Gasteiger partial charge in [0.05, 0.1) is 11.9 Å². The number of carbonyl (C=O) groups excluding carboxylic acids is 2. The average molecular weight is 528 g/mol. The number of unbranched alkanes of at least 4 members (excludes halogenated alkanes) is 1. The molecule has 7 nitrogen and oxygen atoms in total. The molecule has 0 unspecified atom stereocenters. The third kappa shape index (κ3) is 7.29. The van der Waals surface area contributed by atoms with Crippen LogP contribution in [0.15, 0.2) is 66.7 Å². The average Bonchev–Trinajstić information content (AvgIpc) is 2.87. The summed E-state index contributed by atoms with van der Waals surface area (Å²) >= 11 is 0. The first kappa shape index (κ1) is 28.1. The SMILES string of the molecule is CCCCNC(=O)[C@H](CC)N(Cc1ccc(F)cc1)C(=O)CN(c1cccc2ccccc12)S(C)(=O)=O. The summed E-state index contributed by atoms with van der Waals surface area (Å²) in [4.78, 5) is 28.2. The Kier molecular flexibility index (Phi) is 9.63. The predicted octanol–water partition coefficient (Wildman–Crippen LogP) is 4.47. The van der Waals surface area contributed by atoms with Crippen molar-refractivity contribution in [2.24, 2.45) is 0 Å². The van der Waals surface area contributed by atoms with Crippen LogP contribution in [0, 0.1) is 5.82 Å². The van der Waals surface area contributed by atoms with Gasteiger partial charge >= 0.3 is 0 Å². The molecule has 0 aliphatic carbocycles. The van der Waals surface area contributed by atoms with Crippen molar-refractivity contribution in [2.45, 2.75) is 45.7 Å². The molecule has 0 spiro atoms. The van der Waals surface area contributed by atoms with Crippen molar-refractivity contribution < 1.29 is 22.4 Å². The minimum absolute atomic E-state index is 0.0337. The lowest BCUT2D eigenvalue weighted by molar-refractivity contribution is -0.140. The Bertz CT molecular complexity index is 1320. The Morgan fingerprint density at radius 2 is 1.65 bits per heavy atom. The maximum absolute atomic E-state index is 13.8. The van der Waals surface area contributed by atoms with E-state index in [1.54, 1.807) is 37.3 Å². The maximum atomic E-state index is 13.8. The molecular formula is C28H34FN3O4S. The van der Waals surface area contributed by atoms with Gasteiger partial charge in [0.15, 0.2) is 0 Å². The van der Waals surface area contributed by atoms with E-state index in [4.69, 9.17) is 0 Å². The zero-order chi connectivity index (χ0) is 27.0. The summed E-state index contributed by atoms with van der Waals surface area (Å²) in [6.07, 6.45) is 3.10. The van der Waals surface area contributed by atoms with E-state index in [1.807, 2.05) is 31.2 Å². The molecule has 37 heavy (non-hydrogen) atoms. The van der Waals surface area contributed by atoms with E-state index in [1.165, 1.54) is 17.0 Å². The first-order valence-electron chi connectivity index (χ1n) is 12.4. The molecule has 3 aromatic rings. The molecule has 3 rings (SSSR count). The van der Waals surface area contributed by atoms with Crippen LogP contribution in [0.4, 0.5) is 10.1 Å². The van der Waals surface area contributed by atoms with E-state index in [0.717, 1.165) is 28.8 Å². The number of rotatable bonds is 12. The predicted molar refractivity (Wildman–Crippen MR) is 145 cm³/mol. The monoisotopic (exact) mass is 527 g/mol. The molecule has 0 saturated heterocycles. The number of halogens is 1. The second-order valence-electron chi connectivity index (χ2n) is 8.98. The Hall–Kier alpha value is -3.46. The van der Waals surface area contributed by atoms with Crippen molar-refractivity contribution in [3.05, 3.63) is 78.1 Å². The van der Waals surface area contributed by atoms with Crippen molar-refractivity contribution >= 4 is 38.3 Å². The second-order valence-corrected chi connectivity index (χ2v) is 10.9. The fraction of sp³-hybridized carbons (Fsp3) is 0.357. The standard InChI is InChI=1S/C28H34FN3O4S/c1-4-6-18-30-28(34)25(5-2)31(19-21-14-16-23(29)17-15-21)27(33)20-32(37(3,35)36)26-13-9-11-22-10-7-8-12-24(22)26/h7-17,25H,4-6,18-20H2,1-3H3,(H,30,34)/t25-/m0/s1. The number of anilines is 1. The van der Waals surface area contributed by atoms with Crippen LogP contribution >= 0.6 is 0 Å². The Morgan fingerprint density at radius 1 is 0.973 bits per heavy atom. The van der Waals surface area contributed by atoms with Gasteiger partial charge in [-0.05, 0) is 42.0 Å². The van der Waals surface area contributed by atoms with Gasteiger partial charge in [0.25, 0.3) is 0 Å². The topological polar surface area (TPSA) is 86.8 Å². The van der Waals surface area contributed by atoms with E-state index in [-0.39, 0.29) is 12.5 Å². The minimum Gasteiger partial charge on any atom is -0.354 e. The van der Waals surface area contributed by atoms with Gasteiger partial charge in [-0.3, -0.25) is 13.9 Å². The number of nitrogens with zero attached hydrogens (tertiary/aromatic N) is 2. The number of hydrogen-bond acceptors (Lipinski definition) is 4. The summed E-state index contributed by atoms with van der Waals surface area (Å²) in [6.45, 7) is 3.85. The quantitative estimate of drug-likeness (QED) is 0.352. The Labute approximate surface area is 218 Å². The molecule has 0 radical (unpaired) electrons. The number of hydrogen-bond donors (Lipinski definition) is 1. The van der Waals surface area contributed by atoms with Crippen LogP contribution in [0.25, 0.3) is 10.8 Å². The van der Waals surface area contributed by atoms with Gasteiger partial charge in [-0.15, -0.1) is 0 Å². The number of nitrogens with one attached hydrogen (secondary N) is 1. The zero-order valence-corrected chi connectivity index (χ0v) is 22.3. The normalized spacial score (nSPS) is 12.2. The molecule has 0 aliphatic heterocycles. The smallest absolute Gasteiger partial charge is 0.244 e. The third-order valence-electron chi connectivity index (χ3n) is 6.20. The number of carbonyl (C=O) groups is 2. The molecular weight excluding hydrogens is 493 g/mol. The van der Waals surface area contributed by atoms with Crippen LogP contribution < -0.4 is 9.62 Å². The molecule has 198 valence electrons. The highest BCUT2D eigenvalue weighted by molar-refractivity contribution is 7.92. The first-order valence-corrected chi connectivity index (χ1v) is 14.3. The fourth-order valence-electron chi connectivity index (χ4n) is 4.23. The van der Waals surface area contributed by atoms with Gasteiger partial charge in [-0.2, -0.15) is 0 Å². The van der Waals surface area contributed by atoms with E-state index in [9.17, 15) is 22.4 Å². The van der Waals surface area contributed by atoms with E-state index in [2.05, 4.69) is 5.32 Å². The van der Waals surface area contributed by atoms with Crippen LogP contribution in [0.5, 0.6) is 0 Å². The summed E-state index contributed by atoms with van der Waals surface area (Å²) in [5, 5.41) is 4.41. The molecule has 0 saturated carbocycles.